The molecule has 2 nitrogen and oxygen atoms in total. The standard InChI is InChI=1S/C6H11F2NO/c7-6(8)5-3-1-2-4-9(5)10/h5-6,9H,1-4H2. The fourth-order valence-electron chi connectivity index (χ4n) is 1.28. The zero-order chi connectivity index (χ0) is 7.56. The van der Waals surface area contributed by atoms with E-state index >= 15 is 0 Å². The summed E-state index contributed by atoms with van der Waals surface area (Å²) in [5.74, 6) is 0. The summed E-state index contributed by atoms with van der Waals surface area (Å²) in [6.07, 6.45) is -0.480. The van der Waals surface area contributed by atoms with Gasteiger partial charge in [0.05, 0.1) is 6.54 Å². The summed E-state index contributed by atoms with van der Waals surface area (Å²) < 4.78 is 23.9. The van der Waals surface area contributed by atoms with Crippen LogP contribution >= 0.6 is 0 Å². The molecule has 0 radical (unpaired) electrons. The molecule has 1 saturated heterocycles. The Labute approximate surface area is 58.4 Å². The summed E-state index contributed by atoms with van der Waals surface area (Å²) in [6.45, 7) is 0.356. The number of alkyl halides is 2. The molecule has 2 atom stereocenters. The van der Waals surface area contributed by atoms with Gasteiger partial charge in [0.15, 0.2) is 0 Å². The van der Waals surface area contributed by atoms with Gasteiger partial charge in [-0.2, -0.15) is 0 Å². The fourth-order valence-corrected chi connectivity index (χ4v) is 1.28. The second-order valence-electron chi connectivity index (χ2n) is 2.65. The lowest BCUT2D eigenvalue weighted by Gasteiger charge is -2.34. The number of nitrogens with one attached hydrogen (secondary N) is 1. The first-order valence-electron chi connectivity index (χ1n) is 3.52. The van der Waals surface area contributed by atoms with Gasteiger partial charge in [0.1, 0.15) is 6.04 Å². The van der Waals surface area contributed by atoms with Gasteiger partial charge in [-0.1, -0.05) is 0 Å². The zero-order valence-electron chi connectivity index (χ0n) is 5.65. The van der Waals surface area contributed by atoms with E-state index in [1.165, 1.54) is 0 Å². The van der Waals surface area contributed by atoms with Crippen molar-refractivity contribution in [1.29, 1.82) is 0 Å². The minimum atomic E-state index is -2.44. The maximum absolute atomic E-state index is 12.0. The van der Waals surface area contributed by atoms with Crippen molar-refractivity contribution in [2.75, 3.05) is 6.54 Å². The Morgan fingerprint density at radius 1 is 1.40 bits per heavy atom. The molecule has 1 aliphatic rings. The zero-order valence-corrected chi connectivity index (χ0v) is 5.65. The first kappa shape index (κ1) is 7.88. The van der Waals surface area contributed by atoms with Crippen LogP contribution in [-0.4, -0.2) is 19.0 Å². The van der Waals surface area contributed by atoms with Gasteiger partial charge in [-0.05, 0) is 12.8 Å². The number of rotatable bonds is 1. The van der Waals surface area contributed by atoms with Crippen molar-refractivity contribution in [3.8, 4) is 0 Å². The number of piperidine rings is 1. The van der Waals surface area contributed by atoms with Gasteiger partial charge in [0, 0.05) is 6.42 Å². The highest BCUT2D eigenvalue weighted by atomic mass is 19.3. The molecule has 10 heavy (non-hydrogen) atoms. The molecule has 1 fully saturated rings. The van der Waals surface area contributed by atoms with Gasteiger partial charge in [-0.3, -0.25) is 0 Å². The Hall–Kier alpha value is -0.220. The minimum absolute atomic E-state index is 0.249. The predicted molar refractivity (Wildman–Crippen MR) is 32.8 cm³/mol. The van der Waals surface area contributed by atoms with Crippen molar-refractivity contribution < 1.29 is 13.8 Å². The lowest BCUT2D eigenvalue weighted by molar-refractivity contribution is -0.886. The summed E-state index contributed by atoms with van der Waals surface area (Å²) in [6, 6.07) is -0.950. The van der Waals surface area contributed by atoms with E-state index in [4.69, 9.17) is 0 Å². The smallest absolute Gasteiger partial charge is 0.289 e. The first-order valence-corrected chi connectivity index (χ1v) is 3.52. The number of halogens is 2. The molecule has 0 amide bonds. The van der Waals surface area contributed by atoms with Gasteiger partial charge < -0.3 is 10.3 Å². The van der Waals surface area contributed by atoms with Crippen LogP contribution in [0.25, 0.3) is 0 Å². The Kier molecular flexibility index (Phi) is 2.56. The number of hydrogen-bond acceptors (Lipinski definition) is 1. The molecule has 1 rings (SSSR count). The SMILES string of the molecule is [O-][NH+]1CCCCC1C(F)F. The lowest BCUT2D eigenvalue weighted by Crippen LogP contribution is -3.13. The highest BCUT2D eigenvalue weighted by Gasteiger charge is 2.28. The molecule has 60 valence electrons. The van der Waals surface area contributed by atoms with E-state index in [0.29, 0.717) is 13.0 Å². The molecule has 1 heterocycles. The van der Waals surface area contributed by atoms with Crippen LogP contribution in [0.2, 0.25) is 0 Å². The Morgan fingerprint density at radius 3 is 2.50 bits per heavy atom. The third-order valence-corrected chi connectivity index (χ3v) is 1.91. The van der Waals surface area contributed by atoms with Crippen molar-refractivity contribution in [3.05, 3.63) is 5.21 Å². The third-order valence-electron chi connectivity index (χ3n) is 1.91. The van der Waals surface area contributed by atoms with Crippen LogP contribution in [0.3, 0.4) is 0 Å². The van der Waals surface area contributed by atoms with Crippen molar-refractivity contribution in [1.82, 2.24) is 0 Å². The van der Waals surface area contributed by atoms with E-state index in [1.807, 2.05) is 0 Å². The molecule has 0 aliphatic carbocycles. The van der Waals surface area contributed by atoms with E-state index < -0.39 is 12.5 Å². The van der Waals surface area contributed by atoms with Crippen LogP contribution in [0, 0.1) is 5.21 Å². The van der Waals surface area contributed by atoms with Crippen molar-refractivity contribution in [2.45, 2.75) is 31.7 Å². The number of quaternary nitrogens is 1. The molecule has 0 saturated carbocycles. The average Bonchev–Trinajstić information content (AvgIpc) is 1.88. The van der Waals surface area contributed by atoms with Crippen LogP contribution in [0.5, 0.6) is 0 Å². The highest BCUT2D eigenvalue weighted by Crippen LogP contribution is 2.09. The molecule has 1 aliphatic heterocycles. The molecule has 4 heteroatoms. The van der Waals surface area contributed by atoms with Crippen molar-refractivity contribution in [3.63, 3.8) is 0 Å². The monoisotopic (exact) mass is 151 g/mol. The Bertz CT molecular complexity index is 110. The fraction of sp³-hybridized carbons (Fsp3) is 1.00. The minimum Gasteiger partial charge on any atom is -0.634 e. The van der Waals surface area contributed by atoms with Crippen LogP contribution in [0.4, 0.5) is 8.78 Å². The Balaban J connectivity index is 2.40. The summed E-state index contributed by atoms with van der Waals surface area (Å²) in [4.78, 5) is 0. The third kappa shape index (κ3) is 1.64. The average molecular weight is 151 g/mol. The maximum atomic E-state index is 12.0. The van der Waals surface area contributed by atoms with E-state index in [2.05, 4.69) is 0 Å². The summed E-state index contributed by atoms with van der Waals surface area (Å²) >= 11 is 0. The second-order valence-corrected chi connectivity index (χ2v) is 2.65. The normalized spacial score (nSPS) is 34.8. The molecule has 2 unspecified atom stereocenters. The second kappa shape index (κ2) is 3.25. The summed E-state index contributed by atoms with van der Waals surface area (Å²) in [7, 11) is 0. The quantitative estimate of drug-likeness (QED) is 0.532. The van der Waals surface area contributed by atoms with Gasteiger partial charge >= 0.3 is 0 Å². The molecule has 0 spiro atoms. The molecular formula is C6H11F2NO. The van der Waals surface area contributed by atoms with E-state index in [0.717, 1.165) is 12.8 Å². The van der Waals surface area contributed by atoms with E-state index in [9.17, 15) is 14.0 Å². The van der Waals surface area contributed by atoms with Gasteiger partial charge in [0.25, 0.3) is 6.43 Å². The highest BCUT2D eigenvalue weighted by molar-refractivity contribution is 4.63. The van der Waals surface area contributed by atoms with Crippen molar-refractivity contribution in [2.24, 2.45) is 0 Å². The van der Waals surface area contributed by atoms with Gasteiger partial charge in [-0.15, -0.1) is 0 Å². The molecule has 0 bridgehead atoms. The van der Waals surface area contributed by atoms with Crippen LogP contribution < -0.4 is 5.06 Å². The first-order chi connectivity index (χ1) is 4.72. The van der Waals surface area contributed by atoms with E-state index in [-0.39, 0.29) is 5.06 Å². The largest absolute Gasteiger partial charge is 0.634 e. The summed E-state index contributed by atoms with van der Waals surface area (Å²) in [5.41, 5.74) is 0. The van der Waals surface area contributed by atoms with Crippen LogP contribution in [-0.2, 0) is 0 Å². The predicted octanol–water partition coefficient (Wildman–Crippen LogP) is 0.187. The van der Waals surface area contributed by atoms with Crippen LogP contribution in [0.1, 0.15) is 19.3 Å². The number of hydroxylamine groups is 2. The van der Waals surface area contributed by atoms with Crippen molar-refractivity contribution >= 4 is 0 Å². The molecule has 0 aromatic rings. The van der Waals surface area contributed by atoms with Gasteiger partial charge in [-0.25, -0.2) is 8.78 Å². The number of hydrogen-bond donors (Lipinski definition) is 1. The summed E-state index contributed by atoms with van der Waals surface area (Å²) in [5, 5.41) is 10.5. The molecule has 1 N–H and O–H groups in total. The topological polar surface area (TPSA) is 27.5 Å². The maximum Gasteiger partial charge on any atom is 0.289 e. The van der Waals surface area contributed by atoms with Crippen LogP contribution in [0.15, 0.2) is 0 Å². The lowest BCUT2D eigenvalue weighted by atomic mass is 10.1. The molecule has 0 aromatic carbocycles. The van der Waals surface area contributed by atoms with Gasteiger partial charge in [0.2, 0.25) is 0 Å². The van der Waals surface area contributed by atoms with E-state index in [1.54, 1.807) is 0 Å². The Morgan fingerprint density at radius 2 is 2.10 bits per heavy atom. The molecule has 0 aromatic heterocycles. The molecular weight excluding hydrogens is 140 g/mol.